The molecule has 0 aliphatic carbocycles. The van der Waals surface area contributed by atoms with Crippen molar-refractivity contribution in [3.8, 4) is 5.88 Å². The Balaban J connectivity index is 1.42. The molecule has 0 bridgehead atoms. The summed E-state index contributed by atoms with van der Waals surface area (Å²) in [6.07, 6.45) is 3.54. The number of rotatable bonds is 8. The van der Waals surface area contributed by atoms with Crippen LogP contribution in [-0.2, 0) is 6.42 Å². The van der Waals surface area contributed by atoms with Gasteiger partial charge in [0.25, 0.3) is 0 Å². The van der Waals surface area contributed by atoms with Gasteiger partial charge in [0.05, 0.1) is 18.5 Å². The third kappa shape index (κ3) is 5.96. The molecule has 0 spiro atoms. The highest BCUT2D eigenvalue weighted by Crippen LogP contribution is 2.19. The normalized spacial score (nSPS) is 16.4. The summed E-state index contributed by atoms with van der Waals surface area (Å²) in [5.74, 6) is 1.12. The highest BCUT2D eigenvalue weighted by molar-refractivity contribution is 5.89. The Bertz CT molecular complexity index is 736. The van der Waals surface area contributed by atoms with E-state index in [2.05, 4.69) is 41.3 Å². The van der Waals surface area contributed by atoms with Crippen LogP contribution in [0.25, 0.3) is 0 Å². The van der Waals surface area contributed by atoms with E-state index >= 15 is 0 Å². The second-order valence-electron chi connectivity index (χ2n) is 7.35. The lowest BCUT2D eigenvalue weighted by Gasteiger charge is -2.20. The number of hydrogen-bond donors (Lipinski definition) is 1. The molecular formula is C22H30N4O2. The fraction of sp³-hybridized carbons (Fsp3) is 0.455. The molecule has 0 saturated carbocycles. The zero-order valence-electron chi connectivity index (χ0n) is 16.8. The van der Waals surface area contributed by atoms with Gasteiger partial charge >= 0.3 is 6.03 Å². The van der Waals surface area contributed by atoms with Crippen LogP contribution in [0.5, 0.6) is 5.88 Å². The standard InChI is InChI=1S/C22H30N4O2/c1-3-25(2)16-19-11-13-26(17-19)22(27)24-20-9-10-21(23-15-20)28-14-12-18-7-5-4-6-8-18/h4-10,15,19H,3,11-14,16-17H2,1-2H3,(H,24,27). The fourth-order valence-corrected chi connectivity index (χ4v) is 3.40. The number of nitrogens with one attached hydrogen (secondary N) is 1. The van der Waals surface area contributed by atoms with Gasteiger partial charge in [0, 0.05) is 32.1 Å². The van der Waals surface area contributed by atoms with Gasteiger partial charge in [0.15, 0.2) is 0 Å². The fourth-order valence-electron chi connectivity index (χ4n) is 3.40. The molecule has 1 aromatic carbocycles. The Morgan fingerprint density at radius 2 is 2.11 bits per heavy atom. The van der Waals surface area contributed by atoms with E-state index < -0.39 is 0 Å². The zero-order chi connectivity index (χ0) is 19.8. The number of ether oxygens (including phenoxy) is 1. The molecule has 150 valence electrons. The number of amides is 2. The Morgan fingerprint density at radius 1 is 1.29 bits per heavy atom. The molecule has 1 aromatic heterocycles. The smallest absolute Gasteiger partial charge is 0.321 e. The van der Waals surface area contributed by atoms with E-state index in [1.165, 1.54) is 5.56 Å². The van der Waals surface area contributed by atoms with Crippen molar-refractivity contribution in [3.05, 3.63) is 54.2 Å². The number of carbonyl (C=O) groups excluding carboxylic acids is 1. The molecule has 6 nitrogen and oxygen atoms in total. The van der Waals surface area contributed by atoms with Gasteiger partial charge < -0.3 is 19.9 Å². The monoisotopic (exact) mass is 382 g/mol. The van der Waals surface area contributed by atoms with Crippen molar-refractivity contribution in [3.63, 3.8) is 0 Å². The van der Waals surface area contributed by atoms with Crippen LogP contribution in [-0.4, -0.2) is 60.6 Å². The maximum Gasteiger partial charge on any atom is 0.321 e. The highest BCUT2D eigenvalue weighted by atomic mass is 16.5. The lowest BCUT2D eigenvalue weighted by atomic mass is 10.1. The number of aromatic nitrogens is 1. The minimum atomic E-state index is -0.0544. The lowest BCUT2D eigenvalue weighted by Crippen LogP contribution is -2.34. The second kappa shape index (κ2) is 10.1. The minimum absolute atomic E-state index is 0.0544. The third-order valence-electron chi connectivity index (χ3n) is 5.15. The van der Waals surface area contributed by atoms with Gasteiger partial charge in [-0.3, -0.25) is 0 Å². The molecule has 1 aliphatic rings. The Morgan fingerprint density at radius 3 is 2.82 bits per heavy atom. The summed E-state index contributed by atoms with van der Waals surface area (Å²) in [6.45, 7) is 6.42. The van der Waals surface area contributed by atoms with Crippen LogP contribution in [0.3, 0.4) is 0 Å². The molecule has 1 aliphatic heterocycles. The summed E-state index contributed by atoms with van der Waals surface area (Å²) < 4.78 is 5.69. The van der Waals surface area contributed by atoms with Crippen molar-refractivity contribution >= 4 is 11.7 Å². The van der Waals surface area contributed by atoms with Gasteiger partial charge in [-0.1, -0.05) is 37.3 Å². The molecule has 1 unspecified atom stereocenters. The Hall–Kier alpha value is -2.60. The Kier molecular flexibility index (Phi) is 7.25. The third-order valence-corrected chi connectivity index (χ3v) is 5.15. The Labute approximate surface area is 167 Å². The molecule has 2 amide bonds. The molecule has 1 atom stereocenters. The number of carbonyl (C=O) groups is 1. The molecule has 6 heteroatoms. The van der Waals surface area contributed by atoms with Gasteiger partial charge in [0.1, 0.15) is 0 Å². The number of anilines is 1. The molecule has 0 radical (unpaired) electrons. The quantitative estimate of drug-likeness (QED) is 0.759. The highest BCUT2D eigenvalue weighted by Gasteiger charge is 2.26. The van der Waals surface area contributed by atoms with Gasteiger partial charge in [-0.25, -0.2) is 9.78 Å². The molecule has 28 heavy (non-hydrogen) atoms. The summed E-state index contributed by atoms with van der Waals surface area (Å²) in [5.41, 5.74) is 1.93. The summed E-state index contributed by atoms with van der Waals surface area (Å²) in [7, 11) is 2.12. The number of urea groups is 1. The van der Waals surface area contributed by atoms with E-state index in [9.17, 15) is 4.79 Å². The molecule has 2 aromatic rings. The van der Waals surface area contributed by atoms with E-state index in [1.54, 1.807) is 12.3 Å². The zero-order valence-corrected chi connectivity index (χ0v) is 16.8. The summed E-state index contributed by atoms with van der Waals surface area (Å²) in [4.78, 5) is 20.9. The van der Waals surface area contributed by atoms with E-state index in [4.69, 9.17) is 4.74 Å². The second-order valence-corrected chi connectivity index (χ2v) is 7.35. The molecule has 1 fully saturated rings. The first-order chi connectivity index (χ1) is 13.6. The van der Waals surface area contributed by atoms with Crippen LogP contribution < -0.4 is 10.1 Å². The van der Waals surface area contributed by atoms with Crippen LogP contribution in [0.4, 0.5) is 10.5 Å². The van der Waals surface area contributed by atoms with Crippen molar-refractivity contribution in [2.45, 2.75) is 19.8 Å². The van der Waals surface area contributed by atoms with Gasteiger partial charge in [-0.05, 0) is 37.6 Å². The van der Waals surface area contributed by atoms with Crippen molar-refractivity contribution in [2.24, 2.45) is 5.92 Å². The van der Waals surface area contributed by atoms with Crippen LogP contribution >= 0.6 is 0 Å². The molecule has 3 rings (SSSR count). The number of pyridine rings is 1. The molecular weight excluding hydrogens is 352 g/mol. The lowest BCUT2D eigenvalue weighted by molar-refractivity contribution is 0.218. The van der Waals surface area contributed by atoms with Crippen LogP contribution in [0.2, 0.25) is 0 Å². The topological polar surface area (TPSA) is 57.7 Å². The number of benzene rings is 1. The summed E-state index contributed by atoms with van der Waals surface area (Å²) >= 11 is 0. The maximum atomic E-state index is 12.5. The number of nitrogens with zero attached hydrogens (tertiary/aromatic N) is 3. The molecule has 1 saturated heterocycles. The van der Waals surface area contributed by atoms with Gasteiger partial charge in [0.2, 0.25) is 5.88 Å². The summed E-state index contributed by atoms with van der Waals surface area (Å²) in [5, 5.41) is 2.94. The van der Waals surface area contributed by atoms with Crippen molar-refractivity contribution < 1.29 is 9.53 Å². The minimum Gasteiger partial charge on any atom is -0.477 e. The average Bonchev–Trinajstić information content (AvgIpc) is 3.18. The number of likely N-dealkylation sites (tertiary alicyclic amines) is 1. The van der Waals surface area contributed by atoms with E-state index in [0.29, 0.717) is 24.1 Å². The first kappa shape index (κ1) is 20.1. The molecule has 2 heterocycles. The van der Waals surface area contributed by atoms with Crippen LogP contribution in [0.15, 0.2) is 48.7 Å². The average molecular weight is 383 g/mol. The number of hydrogen-bond acceptors (Lipinski definition) is 4. The van der Waals surface area contributed by atoms with Gasteiger partial charge in [-0.2, -0.15) is 0 Å². The summed E-state index contributed by atoms with van der Waals surface area (Å²) in [6, 6.07) is 13.8. The predicted molar refractivity (Wildman–Crippen MR) is 112 cm³/mol. The first-order valence-electron chi connectivity index (χ1n) is 10.0. The van der Waals surface area contributed by atoms with E-state index in [0.717, 1.165) is 39.0 Å². The van der Waals surface area contributed by atoms with E-state index in [1.807, 2.05) is 29.2 Å². The largest absolute Gasteiger partial charge is 0.477 e. The van der Waals surface area contributed by atoms with Crippen molar-refractivity contribution in [2.75, 3.05) is 45.2 Å². The van der Waals surface area contributed by atoms with Crippen LogP contribution in [0.1, 0.15) is 18.9 Å². The SMILES string of the molecule is CCN(C)CC1CCN(C(=O)Nc2ccc(OCCc3ccccc3)nc2)C1. The first-order valence-corrected chi connectivity index (χ1v) is 10.0. The predicted octanol–water partition coefficient (Wildman–Crippen LogP) is 3.51. The van der Waals surface area contributed by atoms with Crippen molar-refractivity contribution in [1.29, 1.82) is 0 Å². The van der Waals surface area contributed by atoms with Gasteiger partial charge in [-0.15, -0.1) is 0 Å². The van der Waals surface area contributed by atoms with E-state index in [-0.39, 0.29) is 6.03 Å². The van der Waals surface area contributed by atoms with Crippen LogP contribution in [0, 0.1) is 5.92 Å². The molecule has 1 N–H and O–H groups in total. The maximum absolute atomic E-state index is 12.5. The van der Waals surface area contributed by atoms with Crippen molar-refractivity contribution in [1.82, 2.24) is 14.8 Å².